The largest absolute Gasteiger partial charge is 0.393 e. The lowest BCUT2D eigenvalue weighted by Crippen LogP contribution is -2.36. The number of nitrogens with two attached hydrogens (primary N) is 1. The number of aliphatic hydroxyl groups excluding tert-OH is 1. The molecule has 30 heavy (non-hydrogen) atoms. The van der Waals surface area contributed by atoms with E-state index in [1.807, 2.05) is 48.5 Å². The van der Waals surface area contributed by atoms with E-state index >= 15 is 0 Å². The van der Waals surface area contributed by atoms with Gasteiger partial charge in [0, 0.05) is 36.8 Å². The van der Waals surface area contributed by atoms with E-state index in [0.29, 0.717) is 18.1 Å². The van der Waals surface area contributed by atoms with Crippen LogP contribution in [0.1, 0.15) is 28.8 Å². The van der Waals surface area contributed by atoms with Crippen LogP contribution in [0.3, 0.4) is 0 Å². The number of nitrogens with zero attached hydrogens (tertiary/aromatic N) is 3. The normalized spacial score (nSPS) is 14.5. The average Bonchev–Trinajstić information content (AvgIpc) is 2.79. The molecule has 0 unspecified atom stereocenters. The molecule has 7 heteroatoms. The van der Waals surface area contributed by atoms with E-state index in [2.05, 4.69) is 10.2 Å². The predicted molar refractivity (Wildman–Crippen MR) is 117 cm³/mol. The van der Waals surface area contributed by atoms with Crippen LogP contribution in [0.5, 0.6) is 0 Å². The van der Waals surface area contributed by atoms with Gasteiger partial charge < -0.3 is 21.1 Å². The maximum Gasteiger partial charge on any atom is 0.248 e. The number of primary amides is 1. The van der Waals surface area contributed by atoms with Gasteiger partial charge in [0.1, 0.15) is 5.82 Å². The number of aromatic nitrogens is 2. The van der Waals surface area contributed by atoms with Gasteiger partial charge in [-0.25, -0.2) is 4.98 Å². The summed E-state index contributed by atoms with van der Waals surface area (Å²) in [6.07, 6.45) is 1.23. The van der Waals surface area contributed by atoms with Crippen LogP contribution in [0.4, 0.5) is 11.8 Å². The highest BCUT2D eigenvalue weighted by Gasteiger charge is 2.19. The molecule has 0 saturated carbocycles. The summed E-state index contributed by atoms with van der Waals surface area (Å²) in [5.74, 6) is 0.948. The zero-order chi connectivity index (χ0) is 20.9. The molecule has 1 amide bonds. The van der Waals surface area contributed by atoms with Crippen LogP contribution in [-0.2, 0) is 6.54 Å². The Hall–Kier alpha value is -3.45. The zero-order valence-corrected chi connectivity index (χ0v) is 16.7. The van der Waals surface area contributed by atoms with E-state index in [4.69, 9.17) is 15.7 Å². The molecule has 1 aliphatic rings. The van der Waals surface area contributed by atoms with Crippen LogP contribution >= 0.6 is 0 Å². The number of nitrogens with one attached hydrogen (secondary N) is 1. The number of piperidine rings is 1. The number of anilines is 2. The molecule has 2 heterocycles. The Morgan fingerprint density at radius 2 is 1.77 bits per heavy atom. The van der Waals surface area contributed by atoms with Crippen LogP contribution in [0.15, 0.2) is 60.7 Å². The van der Waals surface area contributed by atoms with Gasteiger partial charge in [-0.2, -0.15) is 4.98 Å². The lowest BCUT2D eigenvalue weighted by Gasteiger charge is -2.30. The Morgan fingerprint density at radius 1 is 1.07 bits per heavy atom. The number of benzene rings is 2. The van der Waals surface area contributed by atoms with Crippen molar-refractivity contribution in [3.05, 3.63) is 71.8 Å². The standard InChI is InChI=1S/C23H25N5O2/c24-22(30)18-8-6-16(7-9-18)15-25-23-26-20(17-4-2-1-3-5-17)14-21(27-23)28-12-10-19(29)11-13-28/h1-9,14,19,29H,10-13,15H2,(H2,24,30)(H,25,26,27). The van der Waals surface area contributed by atoms with Gasteiger partial charge in [-0.1, -0.05) is 42.5 Å². The molecule has 0 spiro atoms. The van der Waals surface area contributed by atoms with Crippen LogP contribution < -0.4 is 16.0 Å². The number of aliphatic hydroxyl groups is 1. The van der Waals surface area contributed by atoms with Gasteiger partial charge in [0.05, 0.1) is 11.8 Å². The summed E-state index contributed by atoms with van der Waals surface area (Å²) in [5, 5.41) is 13.1. The van der Waals surface area contributed by atoms with Crippen LogP contribution in [0.2, 0.25) is 0 Å². The topological polar surface area (TPSA) is 104 Å². The van der Waals surface area contributed by atoms with Crippen molar-refractivity contribution in [3.8, 4) is 11.3 Å². The summed E-state index contributed by atoms with van der Waals surface area (Å²) >= 11 is 0. The van der Waals surface area contributed by atoms with E-state index in [1.165, 1.54) is 0 Å². The highest BCUT2D eigenvalue weighted by Crippen LogP contribution is 2.25. The summed E-state index contributed by atoms with van der Waals surface area (Å²) in [5.41, 5.74) is 8.65. The predicted octanol–water partition coefficient (Wildman–Crippen LogP) is 2.82. The van der Waals surface area contributed by atoms with E-state index in [9.17, 15) is 9.90 Å². The first-order valence-electron chi connectivity index (χ1n) is 10.1. The van der Waals surface area contributed by atoms with Crippen molar-refractivity contribution in [2.24, 2.45) is 5.73 Å². The molecule has 1 fully saturated rings. The second-order valence-corrected chi connectivity index (χ2v) is 7.43. The second-order valence-electron chi connectivity index (χ2n) is 7.43. The Labute approximate surface area is 175 Å². The van der Waals surface area contributed by atoms with Crippen LogP contribution in [0, 0.1) is 0 Å². The fourth-order valence-electron chi connectivity index (χ4n) is 3.50. The van der Waals surface area contributed by atoms with Gasteiger partial charge in [-0.15, -0.1) is 0 Å². The average molecular weight is 403 g/mol. The van der Waals surface area contributed by atoms with Crippen molar-refractivity contribution < 1.29 is 9.90 Å². The number of hydrogen-bond donors (Lipinski definition) is 3. The van der Waals surface area contributed by atoms with E-state index in [-0.39, 0.29) is 6.10 Å². The van der Waals surface area contributed by atoms with Gasteiger partial charge in [0.15, 0.2) is 0 Å². The van der Waals surface area contributed by atoms with Crippen molar-refractivity contribution >= 4 is 17.7 Å². The first-order chi connectivity index (χ1) is 14.6. The summed E-state index contributed by atoms with van der Waals surface area (Å²) < 4.78 is 0. The minimum atomic E-state index is -0.440. The molecule has 3 aromatic rings. The number of hydrogen-bond acceptors (Lipinski definition) is 6. The molecule has 0 bridgehead atoms. The van der Waals surface area contributed by atoms with E-state index in [0.717, 1.165) is 48.6 Å². The Morgan fingerprint density at radius 3 is 2.43 bits per heavy atom. The number of carbonyl (C=O) groups is 1. The molecular weight excluding hydrogens is 378 g/mol. The molecule has 7 nitrogen and oxygen atoms in total. The van der Waals surface area contributed by atoms with Crippen molar-refractivity contribution in [3.63, 3.8) is 0 Å². The van der Waals surface area contributed by atoms with Gasteiger partial charge in [-0.3, -0.25) is 4.79 Å². The molecular formula is C23H25N5O2. The van der Waals surface area contributed by atoms with Crippen molar-refractivity contribution in [2.75, 3.05) is 23.3 Å². The van der Waals surface area contributed by atoms with Gasteiger partial charge in [-0.05, 0) is 30.5 Å². The number of amides is 1. The first-order valence-corrected chi connectivity index (χ1v) is 10.1. The lowest BCUT2D eigenvalue weighted by atomic mass is 10.1. The Balaban J connectivity index is 1.58. The summed E-state index contributed by atoms with van der Waals surface area (Å²) in [4.78, 5) is 22.8. The van der Waals surface area contributed by atoms with Crippen LogP contribution in [-0.4, -0.2) is 40.2 Å². The summed E-state index contributed by atoms with van der Waals surface area (Å²) in [7, 11) is 0. The smallest absolute Gasteiger partial charge is 0.248 e. The molecule has 1 aromatic heterocycles. The van der Waals surface area contributed by atoms with E-state index in [1.54, 1.807) is 12.1 Å². The third-order valence-corrected chi connectivity index (χ3v) is 5.26. The molecule has 2 aromatic carbocycles. The first kappa shape index (κ1) is 19.8. The molecule has 0 aliphatic carbocycles. The highest BCUT2D eigenvalue weighted by atomic mass is 16.3. The van der Waals surface area contributed by atoms with Crippen molar-refractivity contribution in [1.29, 1.82) is 0 Å². The molecule has 4 N–H and O–H groups in total. The lowest BCUT2D eigenvalue weighted by molar-refractivity contribution is 0.1000. The minimum Gasteiger partial charge on any atom is -0.393 e. The van der Waals surface area contributed by atoms with Crippen molar-refractivity contribution in [1.82, 2.24) is 9.97 Å². The minimum absolute atomic E-state index is 0.238. The van der Waals surface area contributed by atoms with Gasteiger partial charge in [0.2, 0.25) is 11.9 Å². The second kappa shape index (κ2) is 8.92. The molecule has 0 atom stereocenters. The third-order valence-electron chi connectivity index (χ3n) is 5.26. The van der Waals surface area contributed by atoms with Crippen molar-refractivity contribution in [2.45, 2.75) is 25.5 Å². The molecule has 4 rings (SSSR count). The van der Waals surface area contributed by atoms with Gasteiger partial charge in [0.25, 0.3) is 0 Å². The monoisotopic (exact) mass is 403 g/mol. The highest BCUT2D eigenvalue weighted by molar-refractivity contribution is 5.92. The Bertz CT molecular complexity index is 1000. The maximum atomic E-state index is 11.2. The number of carbonyl (C=O) groups excluding carboxylic acids is 1. The molecule has 1 aliphatic heterocycles. The van der Waals surface area contributed by atoms with Gasteiger partial charge >= 0.3 is 0 Å². The fraction of sp³-hybridized carbons (Fsp3) is 0.261. The maximum absolute atomic E-state index is 11.2. The zero-order valence-electron chi connectivity index (χ0n) is 16.7. The molecule has 0 radical (unpaired) electrons. The molecule has 154 valence electrons. The SMILES string of the molecule is NC(=O)c1ccc(CNc2nc(-c3ccccc3)cc(N3CCC(O)CC3)n2)cc1. The van der Waals surface area contributed by atoms with E-state index < -0.39 is 5.91 Å². The fourth-order valence-corrected chi connectivity index (χ4v) is 3.50. The molecule has 1 saturated heterocycles. The quantitative estimate of drug-likeness (QED) is 0.585. The summed E-state index contributed by atoms with van der Waals surface area (Å²) in [6, 6.07) is 19.2. The Kier molecular flexibility index (Phi) is 5.90. The van der Waals surface area contributed by atoms with Crippen LogP contribution in [0.25, 0.3) is 11.3 Å². The number of rotatable bonds is 6. The third kappa shape index (κ3) is 4.75. The summed E-state index contributed by atoms with van der Waals surface area (Å²) in [6.45, 7) is 2.05.